The molecule has 1 saturated carbocycles. The molecule has 2 aromatic carbocycles. The minimum atomic E-state index is -0.0833. The maximum absolute atomic E-state index is 5.26. The minimum Gasteiger partial charge on any atom is -0.268 e. The first-order chi connectivity index (χ1) is 14.7. The van der Waals surface area contributed by atoms with E-state index in [1.54, 1.807) is 0 Å². The molecule has 4 heteroatoms. The van der Waals surface area contributed by atoms with Crippen LogP contribution in [-0.4, -0.2) is 19.6 Å². The summed E-state index contributed by atoms with van der Waals surface area (Å²) in [5.74, 6) is 1.13. The van der Waals surface area contributed by atoms with Gasteiger partial charge in [-0.15, -0.1) is 0 Å². The van der Waals surface area contributed by atoms with Gasteiger partial charge in [-0.25, -0.2) is 0 Å². The van der Waals surface area contributed by atoms with Crippen molar-refractivity contribution in [2.75, 3.05) is 0 Å². The third kappa shape index (κ3) is 3.19. The molecule has 0 unspecified atom stereocenters. The molecule has 162 valence electrons. The summed E-state index contributed by atoms with van der Waals surface area (Å²) in [7, 11) is 2.05. The van der Waals surface area contributed by atoms with E-state index in [1.807, 2.05) is 17.9 Å². The van der Waals surface area contributed by atoms with Crippen molar-refractivity contribution >= 4 is 21.8 Å². The smallest absolute Gasteiger partial charge is 0.0737 e. The van der Waals surface area contributed by atoms with Crippen LogP contribution in [0.2, 0.25) is 0 Å². The Hall–Kier alpha value is -2.62. The Morgan fingerprint density at radius 2 is 1.77 bits per heavy atom. The number of aromatic nitrogens is 4. The highest BCUT2D eigenvalue weighted by atomic mass is 15.3. The fraction of sp³-hybridized carbons (Fsp3) is 0.481. The number of hydrogen-bond donors (Lipinski definition) is 0. The van der Waals surface area contributed by atoms with Crippen molar-refractivity contribution in [1.29, 1.82) is 0 Å². The molecule has 0 aliphatic heterocycles. The number of benzene rings is 2. The second-order valence-electron chi connectivity index (χ2n) is 10.5. The van der Waals surface area contributed by atoms with Crippen LogP contribution < -0.4 is 0 Å². The summed E-state index contributed by atoms with van der Waals surface area (Å²) in [5, 5.41) is 12.4. The molecular formula is C27H34N4. The zero-order chi connectivity index (χ0) is 22.1. The van der Waals surface area contributed by atoms with Crippen LogP contribution >= 0.6 is 0 Å². The van der Waals surface area contributed by atoms with E-state index in [-0.39, 0.29) is 5.41 Å². The molecule has 0 spiro atoms. The zero-order valence-corrected chi connectivity index (χ0v) is 20.0. The zero-order valence-electron chi connectivity index (χ0n) is 20.0. The van der Waals surface area contributed by atoms with E-state index < -0.39 is 0 Å². The lowest BCUT2D eigenvalue weighted by Gasteiger charge is -2.28. The number of aryl methyl sites for hydroxylation is 3. The summed E-state index contributed by atoms with van der Waals surface area (Å²) < 4.78 is 4.32. The molecule has 1 aliphatic carbocycles. The van der Waals surface area contributed by atoms with Gasteiger partial charge in [0.05, 0.1) is 29.5 Å². The van der Waals surface area contributed by atoms with Gasteiger partial charge in [0.25, 0.3) is 0 Å². The van der Waals surface area contributed by atoms with Gasteiger partial charge in [-0.1, -0.05) is 45.9 Å². The molecule has 0 bridgehead atoms. The first kappa shape index (κ1) is 20.3. The molecule has 5 rings (SSSR count). The topological polar surface area (TPSA) is 35.6 Å². The summed E-state index contributed by atoms with van der Waals surface area (Å²) in [5.41, 5.74) is 9.33. The van der Waals surface area contributed by atoms with Gasteiger partial charge < -0.3 is 0 Å². The fourth-order valence-electron chi connectivity index (χ4n) is 5.61. The summed E-state index contributed by atoms with van der Waals surface area (Å²) in [6.45, 7) is 14.6. The normalized spacial score (nSPS) is 15.0. The van der Waals surface area contributed by atoms with E-state index in [1.165, 1.54) is 62.6 Å². The third-order valence-corrected chi connectivity index (χ3v) is 7.08. The van der Waals surface area contributed by atoms with Gasteiger partial charge in [0.1, 0.15) is 0 Å². The van der Waals surface area contributed by atoms with Crippen LogP contribution in [0.15, 0.2) is 30.5 Å². The van der Waals surface area contributed by atoms with Gasteiger partial charge in [-0.3, -0.25) is 9.36 Å². The first-order valence-corrected chi connectivity index (χ1v) is 11.6. The molecule has 0 N–H and O–H groups in total. The molecule has 4 nitrogen and oxygen atoms in total. The Balaban J connectivity index is 1.69. The van der Waals surface area contributed by atoms with E-state index in [9.17, 15) is 0 Å². The molecular weight excluding hydrogens is 380 g/mol. The van der Waals surface area contributed by atoms with Gasteiger partial charge in [0.15, 0.2) is 0 Å². The Bertz CT molecular complexity index is 1300. The molecule has 0 radical (unpaired) electrons. The fourth-order valence-corrected chi connectivity index (χ4v) is 5.61. The van der Waals surface area contributed by atoms with Crippen molar-refractivity contribution in [3.8, 4) is 0 Å². The van der Waals surface area contributed by atoms with Crippen LogP contribution in [0, 0.1) is 13.8 Å². The molecule has 2 heterocycles. The number of hydrogen-bond acceptors (Lipinski definition) is 2. The van der Waals surface area contributed by atoms with Crippen molar-refractivity contribution in [1.82, 2.24) is 19.6 Å². The first-order valence-electron chi connectivity index (χ1n) is 11.6. The predicted molar refractivity (Wildman–Crippen MR) is 129 cm³/mol. The SMILES string of the molecule is Cc1ccc2c(c(C3CC3)nn2CC(C)(C)c2c(C)ccc3cnn(C)c23)c1C(C)C. The molecule has 1 aliphatic rings. The van der Waals surface area contributed by atoms with Crippen molar-refractivity contribution in [3.63, 3.8) is 0 Å². The van der Waals surface area contributed by atoms with Gasteiger partial charge in [-0.05, 0) is 60.9 Å². The number of rotatable bonds is 5. The monoisotopic (exact) mass is 414 g/mol. The quantitative estimate of drug-likeness (QED) is 0.373. The van der Waals surface area contributed by atoms with E-state index in [2.05, 4.69) is 75.6 Å². The van der Waals surface area contributed by atoms with E-state index >= 15 is 0 Å². The van der Waals surface area contributed by atoms with Crippen LogP contribution in [0.25, 0.3) is 21.8 Å². The average molecular weight is 415 g/mol. The Kier molecular flexibility index (Phi) is 4.55. The molecule has 0 saturated heterocycles. The summed E-state index contributed by atoms with van der Waals surface area (Å²) >= 11 is 0. The van der Waals surface area contributed by atoms with E-state index in [0.29, 0.717) is 11.8 Å². The van der Waals surface area contributed by atoms with Crippen LogP contribution in [0.4, 0.5) is 0 Å². The summed E-state index contributed by atoms with van der Waals surface area (Å²) in [6.07, 6.45) is 4.52. The second kappa shape index (κ2) is 6.94. The largest absolute Gasteiger partial charge is 0.268 e. The van der Waals surface area contributed by atoms with Crippen LogP contribution in [0.1, 0.15) is 80.3 Å². The predicted octanol–water partition coefficient (Wildman–Crippen LogP) is 6.52. The summed E-state index contributed by atoms with van der Waals surface area (Å²) in [6, 6.07) is 9.00. The van der Waals surface area contributed by atoms with Crippen molar-refractivity contribution in [2.45, 2.75) is 78.2 Å². The van der Waals surface area contributed by atoms with Gasteiger partial charge in [0, 0.05) is 29.2 Å². The average Bonchev–Trinajstić information content (AvgIpc) is 3.40. The highest BCUT2D eigenvalue weighted by Crippen LogP contribution is 2.45. The highest BCUT2D eigenvalue weighted by molar-refractivity contribution is 5.88. The molecule has 2 aromatic heterocycles. The Morgan fingerprint density at radius 1 is 1.06 bits per heavy atom. The third-order valence-electron chi connectivity index (χ3n) is 7.08. The maximum atomic E-state index is 5.26. The van der Waals surface area contributed by atoms with E-state index in [4.69, 9.17) is 5.10 Å². The minimum absolute atomic E-state index is 0.0833. The highest BCUT2D eigenvalue weighted by Gasteiger charge is 2.33. The van der Waals surface area contributed by atoms with Crippen LogP contribution in [0.5, 0.6) is 0 Å². The lowest BCUT2D eigenvalue weighted by molar-refractivity contribution is 0.414. The van der Waals surface area contributed by atoms with E-state index in [0.717, 1.165) is 6.54 Å². The van der Waals surface area contributed by atoms with Crippen LogP contribution in [-0.2, 0) is 19.0 Å². The molecule has 31 heavy (non-hydrogen) atoms. The lowest BCUT2D eigenvalue weighted by Crippen LogP contribution is -2.27. The van der Waals surface area contributed by atoms with Crippen molar-refractivity contribution in [2.24, 2.45) is 7.05 Å². The summed E-state index contributed by atoms with van der Waals surface area (Å²) in [4.78, 5) is 0. The number of nitrogens with zero attached hydrogens (tertiary/aromatic N) is 4. The van der Waals surface area contributed by atoms with Gasteiger partial charge in [0.2, 0.25) is 0 Å². The second-order valence-corrected chi connectivity index (χ2v) is 10.5. The number of fused-ring (bicyclic) bond motifs is 2. The van der Waals surface area contributed by atoms with Crippen molar-refractivity contribution < 1.29 is 0 Å². The Labute approximate surface area is 185 Å². The lowest BCUT2D eigenvalue weighted by atomic mass is 9.80. The Morgan fingerprint density at radius 3 is 2.45 bits per heavy atom. The molecule has 0 atom stereocenters. The van der Waals surface area contributed by atoms with Crippen molar-refractivity contribution in [3.05, 3.63) is 58.4 Å². The molecule has 1 fully saturated rings. The molecule has 4 aromatic rings. The van der Waals surface area contributed by atoms with Gasteiger partial charge >= 0.3 is 0 Å². The standard InChI is InChI=1S/C27H34N4/c1-16(2)22-17(3)9-13-21-23(22)25(19-11-12-19)29-31(21)15-27(5,6)24-18(4)8-10-20-14-28-30(7)26(20)24/h8-10,13-14,16,19H,11-12,15H2,1-7H3. The van der Waals surface area contributed by atoms with Gasteiger partial charge in [-0.2, -0.15) is 10.2 Å². The van der Waals surface area contributed by atoms with Crippen LogP contribution in [0.3, 0.4) is 0 Å². The maximum Gasteiger partial charge on any atom is 0.0737 e. The molecule has 0 amide bonds.